The Hall–Kier alpha value is -2.67. The molecule has 0 radical (unpaired) electrons. The van der Waals surface area contributed by atoms with E-state index in [0.717, 1.165) is 5.69 Å². The van der Waals surface area contributed by atoms with Gasteiger partial charge in [-0.3, -0.25) is 4.79 Å². The molecule has 1 amide bonds. The third-order valence-electron chi connectivity index (χ3n) is 3.23. The van der Waals surface area contributed by atoms with Crippen molar-refractivity contribution >= 4 is 27.7 Å². The minimum absolute atomic E-state index is 0.296. The average molecular weight is 387 g/mol. The standard InChI is InChI=1S/C17H15BrN4O2/c1-12(16(23)20-15-9-5-6-10-19-15)24-17-14(18)11-22(21-17)13-7-3-2-4-8-13/h2-12H,1H3,(H,19,20,23). The van der Waals surface area contributed by atoms with E-state index in [4.69, 9.17) is 4.74 Å². The van der Waals surface area contributed by atoms with Crippen LogP contribution in [0.25, 0.3) is 5.69 Å². The van der Waals surface area contributed by atoms with Crippen molar-refractivity contribution in [2.45, 2.75) is 13.0 Å². The summed E-state index contributed by atoms with van der Waals surface area (Å²) in [5.41, 5.74) is 0.902. The quantitative estimate of drug-likeness (QED) is 0.728. The topological polar surface area (TPSA) is 69.0 Å². The minimum atomic E-state index is -0.720. The number of pyridine rings is 1. The van der Waals surface area contributed by atoms with Crippen molar-refractivity contribution in [3.05, 3.63) is 65.4 Å². The molecule has 3 aromatic rings. The Bertz CT molecular complexity index is 821. The van der Waals surface area contributed by atoms with Crippen LogP contribution in [0, 0.1) is 0 Å². The number of para-hydroxylation sites is 1. The number of nitrogens with zero attached hydrogens (tertiary/aromatic N) is 3. The summed E-state index contributed by atoms with van der Waals surface area (Å²) in [4.78, 5) is 16.2. The van der Waals surface area contributed by atoms with Gasteiger partial charge in [0, 0.05) is 12.4 Å². The molecule has 0 bridgehead atoms. The van der Waals surface area contributed by atoms with Crippen molar-refractivity contribution in [3.8, 4) is 11.6 Å². The Morgan fingerprint density at radius 2 is 1.96 bits per heavy atom. The fraction of sp³-hybridized carbons (Fsp3) is 0.118. The van der Waals surface area contributed by atoms with Crippen LogP contribution in [0.4, 0.5) is 5.82 Å². The van der Waals surface area contributed by atoms with Crippen LogP contribution in [-0.2, 0) is 4.79 Å². The molecule has 6 nitrogen and oxygen atoms in total. The lowest BCUT2D eigenvalue weighted by molar-refractivity contribution is -0.122. The van der Waals surface area contributed by atoms with Gasteiger partial charge in [-0.25, -0.2) is 9.67 Å². The summed E-state index contributed by atoms with van der Waals surface area (Å²) in [5, 5.41) is 7.06. The third kappa shape index (κ3) is 3.80. The Morgan fingerprint density at radius 1 is 1.21 bits per heavy atom. The number of rotatable bonds is 5. The lowest BCUT2D eigenvalue weighted by Gasteiger charge is -2.12. The number of hydrogen-bond donors (Lipinski definition) is 1. The number of hydrogen-bond acceptors (Lipinski definition) is 4. The molecule has 122 valence electrons. The predicted octanol–water partition coefficient (Wildman–Crippen LogP) is 3.44. The van der Waals surface area contributed by atoms with Crippen LogP contribution in [-0.4, -0.2) is 26.8 Å². The molecule has 0 spiro atoms. The number of aromatic nitrogens is 3. The zero-order valence-electron chi connectivity index (χ0n) is 12.9. The highest BCUT2D eigenvalue weighted by molar-refractivity contribution is 9.10. The largest absolute Gasteiger partial charge is 0.463 e. The zero-order valence-corrected chi connectivity index (χ0v) is 14.5. The molecule has 1 aromatic carbocycles. The highest BCUT2D eigenvalue weighted by atomic mass is 79.9. The van der Waals surface area contributed by atoms with E-state index in [0.29, 0.717) is 16.2 Å². The molecule has 0 aliphatic rings. The van der Waals surface area contributed by atoms with Crippen LogP contribution in [0.2, 0.25) is 0 Å². The van der Waals surface area contributed by atoms with Gasteiger partial charge in [0.15, 0.2) is 6.10 Å². The van der Waals surface area contributed by atoms with Crippen LogP contribution < -0.4 is 10.1 Å². The van der Waals surface area contributed by atoms with Crippen molar-refractivity contribution < 1.29 is 9.53 Å². The molecule has 1 atom stereocenters. The van der Waals surface area contributed by atoms with Gasteiger partial charge in [0.25, 0.3) is 5.91 Å². The second-order valence-corrected chi connectivity index (χ2v) is 5.88. The molecule has 0 fully saturated rings. The van der Waals surface area contributed by atoms with Gasteiger partial charge in [-0.2, -0.15) is 0 Å². The Balaban J connectivity index is 1.69. The normalized spacial score (nSPS) is 11.8. The summed E-state index contributed by atoms with van der Waals surface area (Å²) < 4.78 is 8.02. The predicted molar refractivity (Wildman–Crippen MR) is 94.2 cm³/mol. The number of anilines is 1. The second-order valence-electron chi connectivity index (χ2n) is 5.03. The van der Waals surface area contributed by atoms with Crippen molar-refractivity contribution in [2.24, 2.45) is 0 Å². The second kappa shape index (κ2) is 7.27. The first-order valence-electron chi connectivity index (χ1n) is 7.32. The van der Waals surface area contributed by atoms with Gasteiger partial charge in [-0.05, 0) is 47.1 Å². The third-order valence-corrected chi connectivity index (χ3v) is 3.78. The molecule has 7 heteroatoms. The maximum atomic E-state index is 12.2. The Kier molecular flexibility index (Phi) is 4.90. The van der Waals surface area contributed by atoms with Crippen molar-refractivity contribution in [3.63, 3.8) is 0 Å². The van der Waals surface area contributed by atoms with Crippen LogP contribution >= 0.6 is 15.9 Å². The first-order valence-corrected chi connectivity index (χ1v) is 8.12. The number of nitrogens with one attached hydrogen (secondary N) is 1. The smallest absolute Gasteiger partial charge is 0.266 e. The summed E-state index contributed by atoms with van der Waals surface area (Å²) in [6.45, 7) is 1.66. The molecule has 1 unspecified atom stereocenters. The van der Waals surface area contributed by atoms with E-state index in [-0.39, 0.29) is 5.91 Å². The zero-order chi connectivity index (χ0) is 16.9. The molecule has 3 rings (SSSR count). The molecule has 2 aromatic heterocycles. The number of ether oxygens (including phenoxy) is 1. The Labute approximate surface area is 147 Å². The molecular formula is C17H15BrN4O2. The molecule has 2 heterocycles. The summed E-state index contributed by atoms with van der Waals surface area (Å²) in [5.74, 6) is 0.532. The molecule has 0 aliphatic carbocycles. The summed E-state index contributed by atoms with van der Waals surface area (Å²) in [6, 6.07) is 14.9. The van der Waals surface area contributed by atoms with E-state index in [1.54, 1.807) is 42.2 Å². The minimum Gasteiger partial charge on any atom is -0.463 e. The van der Waals surface area contributed by atoms with Crippen LogP contribution in [0.1, 0.15) is 6.92 Å². The van der Waals surface area contributed by atoms with Gasteiger partial charge < -0.3 is 10.1 Å². The summed E-state index contributed by atoms with van der Waals surface area (Å²) in [7, 11) is 0. The fourth-order valence-electron chi connectivity index (χ4n) is 2.02. The first kappa shape index (κ1) is 16.2. The monoisotopic (exact) mass is 386 g/mol. The highest BCUT2D eigenvalue weighted by Crippen LogP contribution is 2.25. The van der Waals surface area contributed by atoms with Crippen LogP contribution in [0.3, 0.4) is 0 Å². The fourth-order valence-corrected chi connectivity index (χ4v) is 2.38. The number of benzene rings is 1. The first-order chi connectivity index (χ1) is 11.6. The lowest BCUT2D eigenvalue weighted by atomic mass is 10.3. The van der Waals surface area contributed by atoms with E-state index in [1.165, 1.54) is 0 Å². The van der Waals surface area contributed by atoms with Gasteiger partial charge in [-0.1, -0.05) is 24.3 Å². The number of halogens is 1. The molecule has 0 saturated heterocycles. The van der Waals surface area contributed by atoms with E-state index in [9.17, 15) is 4.79 Å². The maximum Gasteiger partial charge on any atom is 0.266 e. The molecule has 1 N–H and O–H groups in total. The van der Waals surface area contributed by atoms with Crippen molar-refractivity contribution in [1.82, 2.24) is 14.8 Å². The van der Waals surface area contributed by atoms with Crippen molar-refractivity contribution in [1.29, 1.82) is 0 Å². The van der Waals surface area contributed by atoms with E-state index in [2.05, 4.69) is 31.3 Å². The SMILES string of the molecule is CC(Oc1nn(-c2ccccc2)cc1Br)C(=O)Nc1ccccn1. The van der Waals surface area contributed by atoms with Crippen molar-refractivity contribution in [2.75, 3.05) is 5.32 Å². The van der Waals surface area contributed by atoms with Gasteiger partial charge in [0.1, 0.15) is 5.82 Å². The molecule has 24 heavy (non-hydrogen) atoms. The number of carbonyl (C=O) groups is 1. The lowest BCUT2D eigenvalue weighted by Crippen LogP contribution is -2.30. The number of amides is 1. The van der Waals surface area contributed by atoms with Gasteiger partial charge in [0.05, 0.1) is 10.2 Å². The maximum absolute atomic E-state index is 12.2. The van der Waals surface area contributed by atoms with Gasteiger partial charge >= 0.3 is 0 Å². The van der Waals surface area contributed by atoms with Gasteiger partial charge in [0.2, 0.25) is 5.88 Å². The van der Waals surface area contributed by atoms with Gasteiger partial charge in [-0.15, -0.1) is 5.10 Å². The highest BCUT2D eigenvalue weighted by Gasteiger charge is 2.19. The summed E-state index contributed by atoms with van der Waals surface area (Å²) >= 11 is 3.41. The van der Waals surface area contributed by atoms with E-state index >= 15 is 0 Å². The summed E-state index contributed by atoms with van der Waals surface area (Å²) in [6.07, 6.45) is 2.68. The van der Waals surface area contributed by atoms with E-state index in [1.807, 2.05) is 30.3 Å². The Morgan fingerprint density at radius 3 is 2.67 bits per heavy atom. The van der Waals surface area contributed by atoms with E-state index < -0.39 is 6.10 Å². The van der Waals surface area contributed by atoms with Crippen LogP contribution in [0.5, 0.6) is 5.88 Å². The number of carbonyl (C=O) groups excluding carboxylic acids is 1. The average Bonchev–Trinajstić information content (AvgIpc) is 2.97. The molecule has 0 saturated carbocycles. The van der Waals surface area contributed by atoms with Crippen LogP contribution in [0.15, 0.2) is 65.4 Å². The molecule has 0 aliphatic heterocycles. The molecular weight excluding hydrogens is 372 g/mol.